The third-order valence-electron chi connectivity index (χ3n) is 3.40. The van der Waals surface area contributed by atoms with Gasteiger partial charge in [0.25, 0.3) is 0 Å². The summed E-state index contributed by atoms with van der Waals surface area (Å²) in [6, 6.07) is -1.33. The van der Waals surface area contributed by atoms with E-state index in [2.05, 4.69) is 10.1 Å². The van der Waals surface area contributed by atoms with E-state index in [1.807, 2.05) is 5.32 Å². The van der Waals surface area contributed by atoms with E-state index in [-0.39, 0.29) is 25.0 Å². The fourth-order valence-corrected chi connectivity index (χ4v) is 3.11. The summed E-state index contributed by atoms with van der Waals surface area (Å²) in [6.07, 6.45) is -1.23. The minimum atomic E-state index is -1.76. The molecule has 0 aliphatic rings. The van der Waals surface area contributed by atoms with E-state index < -0.39 is 65.7 Å². The average Bonchev–Trinajstić information content (AvgIpc) is 2.66. The molecule has 0 aromatic carbocycles. The number of esters is 1. The quantitative estimate of drug-likeness (QED) is 0.139. The normalized spacial score (nSPS) is 12.2. The van der Waals surface area contributed by atoms with Gasteiger partial charge >= 0.3 is 23.9 Å². The molecule has 0 aromatic rings. The molecule has 0 rings (SSSR count). The number of hydrogen-bond donors (Lipinski definition) is 5. The lowest BCUT2D eigenvalue weighted by atomic mass is 10.2. The van der Waals surface area contributed by atoms with Gasteiger partial charge in [0, 0.05) is 25.0 Å². The van der Waals surface area contributed by atoms with E-state index in [0.29, 0.717) is 11.8 Å². The molecule has 0 aromatic heterocycles. The lowest BCUT2D eigenvalue weighted by molar-refractivity contribution is -0.150. The van der Waals surface area contributed by atoms with Crippen LogP contribution in [0.2, 0.25) is 0 Å². The molecule has 2 unspecified atom stereocenters. The van der Waals surface area contributed by atoms with Crippen LogP contribution in [0.5, 0.6) is 0 Å². The summed E-state index contributed by atoms with van der Waals surface area (Å²) in [4.78, 5) is 79.1. The third kappa shape index (κ3) is 11.6. The Balaban J connectivity index is 5.14. The SMILES string of the molecule is COC(=O)C(CC(=O)C(=O)O)SCC(NC(=O)CCCC(=O)O)C(=O)NCC(=O)O. The summed E-state index contributed by atoms with van der Waals surface area (Å²) in [5, 5.41) is 29.0. The van der Waals surface area contributed by atoms with E-state index in [0.717, 1.165) is 7.11 Å². The molecule has 0 aliphatic heterocycles. The van der Waals surface area contributed by atoms with Crippen molar-refractivity contribution >= 4 is 53.2 Å². The number of carboxylic acids is 3. The molecule has 0 radical (unpaired) electrons. The van der Waals surface area contributed by atoms with Crippen LogP contribution in [0.15, 0.2) is 0 Å². The Kier molecular flexibility index (Phi) is 12.5. The molecule has 0 fully saturated rings. The Labute approximate surface area is 174 Å². The average molecular weight is 450 g/mol. The summed E-state index contributed by atoms with van der Waals surface area (Å²) in [6.45, 7) is -0.743. The Morgan fingerprint density at radius 1 is 0.967 bits per heavy atom. The minimum Gasteiger partial charge on any atom is -0.481 e. The lowest BCUT2D eigenvalue weighted by Crippen LogP contribution is -2.49. The number of rotatable bonds is 15. The number of ether oxygens (including phenoxy) is 1. The molecular formula is C16H22N2O11S. The minimum absolute atomic E-state index is 0.00429. The van der Waals surface area contributed by atoms with Gasteiger partial charge in [0.15, 0.2) is 0 Å². The third-order valence-corrected chi connectivity index (χ3v) is 4.68. The molecule has 0 aliphatic carbocycles. The molecule has 0 saturated heterocycles. The van der Waals surface area contributed by atoms with Crippen LogP contribution in [0, 0.1) is 0 Å². The predicted octanol–water partition coefficient (Wildman–Crippen LogP) is -1.75. The van der Waals surface area contributed by atoms with Gasteiger partial charge in [-0.2, -0.15) is 0 Å². The molecule has 13 nitrogen and oxygen atoms in total. The molecular weight excluding hydrogens is 428 g/mol. The lowest BCUT2D eigenvalue weighted by Gasteiger charge is -2.20. The van der Waals surface area contributed by atoms with E-state index in [4.69, 9.17) is 15.3 Å². The van der Waals surface area contributed by atoms with Gasteiger partial charge in [0.2, 0.25) is 17.6 Å². The first-order chi connectivity index (χ1) is 14.0. The number of methoxy groups -OCH3 is 1. The Morgan fingerprint density at radius 3 is 2.10 bits per heavy atom. The first-order valence-electron chi connectivity index (χ1n) is 8.44. The highest BCUT2D eigenvalue weighted by atomic mass is 32.2. The van der Waals surface area contributed by atoms with Gasteiger partial charge in [0.1, 0.15) is 17.8 Å². The number of ketones is 1. The predicted molar refractivity (Wildman–Crippen MR) is 99.6 cm³/mol. The maximum absolute atomic E-state index is 12.2. The smallest absolute Gasteiger partial charge is 0.372 e. The topological polar surface area (TPSA) is 213 Å². The van der Waals surface area contributed by atoms with Crippen LogP contribution in [0.1, 0.15) is 25.7 Å². The van der Waals surface area contributed by atoms with Crippen molar-refractivity contribution in [2.24, 2.45) is 0 Å². The molecule has 168 valence electrons. The maximum Gasteiger partial charge on any atom is 0.372 e. The number of thioether (sulfide) groups is 1. The fourth-order valence-electron chi connectivity index (χ4n) is 1.95. The summed E-state index contributed by atoms with van der Waals surface area (Å²) >= 11 is 0.666. The van der Waals surface area contributed by atoms with Gasteiger partial charge in [-0.15, -0.1) is 11.8 Å². The molecule has 0 spiro atoms. The van der Waals surface area contributed by atoms with Gasteiger partial charge < -0.3 is 30.7 Å². The van der Waals surface area contributed by atoms with Gasteiger partial charge in [-0.05, 0) is 6.42 Å². The number of nitrogens with one attached hydrogen (secondary N) is 2. The summed E-state index contributed by atoms with van der Waals surface area (Å²) in [7, 11) is 1.02. The molecule has 0 bridgehead atoms. The largest absolute Gasteiger partial charge is 0.481 e. The van der Waals surface area contributed by atoms with Gasteiger partial charge in [-0.1, -0.05) is 0 Å². The van der Waals surface area contributed by atoms with Crippen molar-refractivity contribution in [3.05, 3.63) is 0 Å². The Morgan fingerprint density at radius 2 is 1.60 bits per heavy atom. The first kappa shape index (κ1) is 26.8. The number of aliphatic carboxylic acids is 3. The summed E-state index contributed by atoms with van der Waals surface area (Å²) in [5.74, 6) is -8.31. The number of hydrogen-bond acceptors (Lipinski definition) is 9. The van der Waals surface area contributed by atoms with Crippen LogP contribution in [0.3, 0.4) is 0 Å². The van der Waals surface area contributed by atoms with Crippen molar-refractivity contribution in [2.45, 2.75) is 37.0 Å². The number of carbonyl (C=O) groups is 7. The first-order valence-corrected chi connectivity index (χ1v) is 9.49. The monoisotopic (exact) mass is 450 g/mol. The van der Waals surface area contributed by atoms with Crippen molar-refractivity contribution in [1.29, 1.82) is 0 Å². The van der Waals surface area contributed by atoms with Gasteiger partial charge in [-0.3, -0.25) is 28.8 Å². The maximum atomic E-state index is 12.2. The van der Waals surface area contributed by atoms with Crippen LogP contribution >= 0.6 is 11.8 Å². The fraction of sp³-hybridized carbons (Fsp3) is 0.562. The van der Waals surface area contributed by atoms with E-state index in [1.165, 1.54) is 0 Å². The molecule has 0 heterocycles. The van der Waals surface area contributed by atoms with Crippen molar-refractivity contribution in [3.8, 4) is 0 Å². The molecule has 5 N–H and O–H groups in total. The van der Waals surface area contributed by atoms with Crippen LogP contribution in [-0.2, 0) is 38.3 Å². The number of Topliss-reactive ketones (excluding diaryl/α,β-unsaturated/α-hetero) is 1. The van der Waals surface area contributed by atoms with Crippen molar-refractivity contribution in [2.75, 3.05) is 19.4 Å². The highest BCUT2D eigenvalue weighted by molar-refractivity contribution is 8.00. The second kappa shape index (κ2) is 13.9. The molecule has 30 heavy (non-hydrogen) atoms. The molecule has 14 heteroatoms. The highest BCUT2D eigenvalue weighted by Gasteiger charge is 2.29. The second-order valence-corrected chi connectivity index (χ2v) is 6.99. The van der Waals surface area contributed by atoms with Crippen molar-refractivity contribution < 1.29 is 53.6 Å². The standard InChI is InChI=1S/C16H22N2O11S/c1-29-16(28)10(5-9(19)15(26)27)30-7-8(14(25)17-6-13(23)24)18-11(20)3-2-4-12(21)22/h8,10H,2-7H2,1H3,(H,17,25)(H,18,20)(H,21,22)(H,23,24)(H,26,27). The Hall–Kier alpha value is -3.16. The van der Waals surface area contributed by atoms with Gasteiger partial charge in [-0.25, -0.2) is 4.79 Å². The zero-order valence-electron chi connectivity index (χ0n) is 15.9. The molecule has 0 saturated carbocycles. The van der Waals surface area contributed by atoms with Crippen LogP contribution in [-0.4, -0.2) is 87.5 Å². The van der Waals surface area contributed by atoms with Crippen molar-refractivity contribution in [1.82, 2.24) is 10.6 Å². The zero-order chi connectivity index (χ0) is 23.3. The zero-order valence-corrected chi connectivity index (χ0v) is 16.7. The van der Waals surface area contributed by atoms with Crippen LogP contribution in [0.4, 0.5) is 0 Å². The molecule has 2 atom stereocenters. The van der Waals surface area contributed by atoms with E-state index in [9.17, 15) is 33.6 Å². The summed E-state index contributed by atoms with van der Waals surface area (Å²) in [5.41, 5.74) is 0. The number of amides is 2. The van der Waals surface area contributed by atoms with Crippen LogP contribution < -0.4 is 10.6 Å². The number of carbonyl (C=O) groups excluding carboxylic acids is 4. The molecule has 2 amide bonds. The van der Waals surface area contributed by atoms with E-state index in [1.54, 1.807) is 0 Å². The van der Waals surface area contributed by atoms with Gasteiger partial charge in [0.05, 0.1) is 7.11 Å². The second-order valence-electron chi connectivity index (χ2n) is 5.76. The number of carboxylic acid groups (broad SMARTS) is 3. The van der Waals surface area contributed by atoms with Crippen LogP contribution in [0.25, 0.3) is 0 Å². The Bertz CT molecular complexity index is 695. The summed E-state index contributed by atoms with van der Waals surface area (Å²) < 4.78 is 4.50. The highest BCUT2D eigenvalue weighted by Crippen LogP contribution is 2.18. The van der Waals surface area contributed by atoms with Crippen molar-refractivity contribution in [3.63, 3.8) is 0 Å². The van der Waals surface area contributed by atoms with E-state index >= 15 is 0 Å².